The van der Waals surface area contributed by atoms with Gasteiger partial charge in [-0.05, 0) is 49.1 Å². The molecule has 0 heterocycles. The van der Waals surface area contributed by atoms with Crippen molar-refractivity contribution in [1.82, 2.24) is 0 Å². The van der Waals surface area contributed by atoms with E-state index in [2.05, 4.69) is 6.92 Å². The molecule has 24 heavy (non-hydrogen) atoms. The molecule has 2 unspecified atom stereocenters. The molecule has 0 bridgehead atoms. The van der Waals surface area contributed by atoms with Crippen LogP contribution in [0.4, 0.5) is 8.78 Å². The third-order valence-electron chi connectivity index (χ3n) is 5.66. The molecule has 1 aromatic rings. The van der Waals surface area contributed by atoms with Crippen LogP contribution in [0.15, 0.2) is 24.3 Å². The van der Waals surface area contributed by atoms with Crippen molar-refractivity contribution in [1.29, 1.82) is 0 Å². The molecule has 0 saturated heterocycles. The molecule has 134 valence electrons. The number of carbonyl (C=O) groups is 1. The number of hydrogen-bond donors (Lipinski definition) is 0. The average molecular weight is 336 g/mol. The number of halogens is 2. The van der Waals surface area contributed by atoms with E-state index < -0.39 is 17.8 Å². The first-order chi connectivity index (χ1) is 11.5. The first kappa shape index (κ1) is 19.1. The summed E-state index contributed by atoms with van der Waals surface area (Å²) in [6.45, 7) is 4.26. The highest BCUT2D eigenvalue weighted by Crippen LogP contribution is 2.37. The third kappa shape index (κ3) is 5.12. The van der Waals surface area contributed by atoms with Gasteiger partial charge in [0.05, 0.1) is 5.56 Å². The fourth-order valence-electron chi connectivity index (χ4n) is 3.99. The van der Waals surface area contributed by atoms with Gasteiger partial charge in [0, 0.05) is 0 Å². The summed E-state index contributed by atoms with van der Waals surface area (Å²) in [5, 5.41) is 0. The van der Waals surface area contributed by atoms with E-state index in [9.17, 15) is 13.6 Å². The zero-order valence-corrected chi connectivity index (χ0v) is 14.9. The summed E-state index contributed by atoms with van der Waals surface area (Å²) in [7, 11) is 0. The van der Waals surface area contributed by atoms with E-state index in [1.165, 1.54) is 50.3 Å². The standard InChI is InChI=1S/C21H30F2O/c1-3-4-7-16-10-12-17(13-11-16)15(2)14-20(23)21(24)18-8-5-6-9-19(18)22/h5-6,8-9,15-17,20H,3-4,7,10-14H2,1-2H3. The molecule has 1 nitrogen and oxygen atoms in total. The molecule has 3 heteroatoms. The Morgan fingerprint density at radius 2 is 1.88 bits per heavy atom. The zero-order valence-electron chi connectivity index (χ0n) is 14.9. The smallest absolute Gasteiger partial charge is 0.199 e. The number of alkyl halides is 1. The first-order valence-electron chi connectivity index (χ1n) is 9.45. The van der Waals surface area contributed by atoms with E-state index >= 15 is 0 Å². The Kier molecular flexibility index (Phi) is 7.39. The largest absolute Gasteiger partial charge is 0.291 e. The van der Waals surface area contributed by atoms with Crippen molar-refractivity contribution in [3.05, 3.63) is 35.6 Å². The van der Waals surface area contributed by atoms with E-state index in [0.29, 0.717) is 5.92 Å². The minimum Gasteiger partial charge on any atom is -0.291 e. The number of rotatable bonds is 8. The summed E-state index contributed by atoms with van der Waals surface area (Å²) in [6, 6.07) is 5.66. The Balaban J connectivity index is 1.83. The van der Waals surface area contributed by atoms with Crippen LogP contribution in [-0.2, 0) is 0 Å². The molecular weight excluding hydrogens is 306 g/mol. The van der Waals surface area contributed by atoms with Gasteiger partial charge in [-0.25, -0.2) is 8.78 Å². The summed E-state index contributed by atoms with van der Waals surface area (Å²) >= 11 is 0. The predicted molar refractivity (Wildman–Crippen MR) is 94.4 cm³/mol. The van der Waals surface area contributed by atoms with Crippen LogP contribution in [0.2, 0.25) is 0 Å². The molecule has 2 rings (SSSR count). The van der Waals surface area contributed by atoms with Crippen LogP contribution in [0, 0.1) is 23.6 Å². The molecule has 0 aliphatic heterocycles. The fraction of sp³-hybridized carbons (Fsp3) is 0.667. The van der Waals surface area contributed by atoms with E-state index in [1.54, 1.807) is 6.07 Å². The van der Waals surface area contributed by atoms with Gasteiger partial charge in [-0.1, -0.05) is 58.1 Å². The minimum absolute atomic E-state index is 0.125. The lowest BCUT2D eigenvalue weighted by Gasteiger charge is -2.32. The van der Waals surface area contributed by atoms with Crippen LogP contribution in [0.1, 0.15) is 75.6 Å². The maximum absolute atomic E-state index is 14.4. The van der Waals surface area contributed by atoms with E-state index in [0.717, 1.165) is 18.8 Å². The SMILES string of the molecule is CCCCC1CCC(C(C)CC(F)C(=O)c2ccccc2F)CC1. The van der Waals surface area contributed by atoms with Gasteiger partial charge in [-0.2, -0.15) is 0 Å². The van der Waals surface area contributed by atoms with Crippen molar-refractivity contribution in [3.63, 3.8) is 0 Å². The van der Waals surface area contributed by atoms with Gasteiger partial charge >= 0.3 is 0 Å². The molecule has 0 N–H and O–H groups in total. The van der Waals surface area contributed by atoms with Gasteiger partial charge in [-0.15, -0.1) is 0 Å². The van der Waals surface area contributed by atoms with Crippen molar-refractivity contribution in [2.24, 2.45) is 17.8 Å². The Morgan fingerprint density at radius 1 is 1.21 bits per heavy atom. The van der Waals surface area contributed by atoms with Gasteiger partial charge in [0.1, 0.15) is 5.82 Å². The van der Waals surface area contributed by atoms with Crippen molar-refractivity contribution < 1.29 is 13.6 Å². The molecule has 1 aromatic carbocycles. The number of ketones is 1. The monoisotopic (exact) mass is 336 g/mol. The fourth-order valence-corrected chi connectivity index (χ4v) is 3.99. The van der Waals surface area contributed by atoms with E-state index in [-0.39, 0.29) is 17.9 Å². The van der Waals surface area contributed by atoms with Crippen LogP contribution in [0.25, 0.3) is 0 Å². The second-order valence-electron chi connectivity index (χ2n) is 7.45. The van der Waals surface area contributed by atoms with E-state index in [4.69, 9.17) is 0 Å². The number of carbonyl (C=O) groups excluding carboxylic acids is 1. The molecule has 0 aromatic heterocycles. The van der Waals surface area contributed by atoms with E-state index in [1.807, 2.05) is 6.92 Å². The molecule has 0 radical (unpaired) electrons. The molecule has 1 fully saturated rings. The van der Waals surface area contributed by atoms with Gasteiger partial charge in [0.25, 0.3) is 0 Å². The van der Waals surface area contributed by atoms with Gasteiger partial charge in [0.2, 0.25) is 0 Å². The van der Waals surface area contributed by atoms with Gasteiger partial charge in [0.15, 0.2) is 12.0 Å². The Bertz CT molecular complexity index is 520. The van der Waals surface area contributed by atoms with Crippen LogP contribution >= 0.6 is 0 Å². The second kappa shape index (κ2) is 9.29. The number of benzene rings is 1. The first-order valence-corrected chi connectivity index (χ1v) is 9.45. The summed E-state index contributed by atoms with van der Waals surface area (Å²) in [4.78, 5) is 12.1. The average Bonchev–Trinajstić information content (AvgIpc) is 2.60. The van der Waals surface area contributed by atoms with Crippen molar-refractivity contribution in [3.8, 4) is 0 Å². The summed E-state index contributed by atoms with van der Waals surface area (Å²) < 4.78 is 28.0. The minimum atomic E-state index is -1.60. The maximum Gasteiger partial charge on any atom is 0.199 e. The van der Waals surface area contributed by atoms with Crippen LogP contribution < -0.4 is 0 Å². The second-order valence-corrected chi connectivity index (χ2v) is 7.45. The molecule has 2 atom stereocenters. The highest BCUT2D eigenvalue weighted by atomic mass is 19.1. The lowest BCUT2D eigenvalue weighted by atomic mass is 9.73. The van der Waals surface area contributed by atoms with Gasteiger partial charge < -0.3 is 0 Å². The highest BCUT2D eigenvalue weighted by Gasteiger charge is 2.30. The van der Waals surface area contributed by atoms with Crippen LogP contribution in [-0.4, -0.2) is 12.0 Å². The maximum atomic E-state index is 14.4. The zero-order chi connectivity index (χ0) is 17.5. The number of Topliss-reactive ketones (excluding diaryl/α,β-unsaturated/α-hetero) is 1. The van der Waals surface area contributed by atoms with Crippen molar-refractivity contribution >= 4 is 5.78 Å². The summed E-state index contributed by atoms with van der Waals surface area (Å²) in [5.41, 5.74) is -0.125. The molecule has 0 amide bonds. The lowest BCUT2D eigenvalue weighted by Crippen LogP contribution is -2.26. The van der Waals surface area contributed by atoms with Crippen molar-refractivity contribution in [2.75, 3.05) is 0 Å². The predicted octanol–water partition coefficient (Wildman–Crippen LogP) is 6.37. The van der Waals surface area contributed by atoms with Crippen LogP contribution in [0.3, 0.4) is 0 Å². The quantitative estimate of drug-likeness (QED) is 0.504. The Labute approximate surface area is 144 Å². The van der Waals surface area contributed by atoms with Gasteiger partial charge in [-0.3, -0.25) is 4.79 Å². The number of hydrogen-bond acceptors (Lipinski definition) is 1. The van der Waals surface area contributed by atoms with Crippen molar-refractivity contribution in [2.45, 2.75) is 71.4 Å². The topological polar surface area (TPSA) is 17.1 Å². The van der Waals surface area contributed by atoms with Crippen LogP contribution in [0.5, 0.6) is 0 Å². The molecule has 1 saturated carbocycles. The lowest BCUT2D eigenvalue weighted by molar-refractivity contribution is 0.0819. The Hall–Kier alpha value is -1.25. The summed E-state index contributed by atoms with van der Waals surface area (Å²) in [5.74, 6) is 0.151. The highest BCUT2D eigenvalue weighted by molar-refractivity contribution is 5.99. The third-order valence-corrected chi connectivity index (χ3v) is 5.66. The Morgan fingerprint density at radius 3 is 2.50 bits per heavy atom. The number of unbranched alkanes of at least 4 members (excludes halogenated alkanes) is 1. The molecule has 1 aliphatic carbocycles. The molecule has 1 aliphatic rings. The molecule has 0 spiro atoms. The molecular formula is C21H30F2O. The summed E-state index contributed by atoms with van der Waals surface area (Å²) in [6.07, 6.45) is 7.20. The normalized spacial score (nSPS) is 23.7.